The van der Waals surface area contributed by atoms with Crippen molar-refractivity contribution in [2.24, 2.45) is 0 Å². The van der Waals surface area contributed by atoms with Crippen LogP contribution in [0.3, 0.4) is 0 Å². The van der Waals surface area contributed by atoms with E-state index in [-0.39, 0.29) is 19.0 Å². The summed E-state index contributed by atoms with van der Waals surface area (Å²) in [5.41, 5.74) is 3.49. The molecule has 0 atom stereocenters. The summed E-state index contributed by atoms with van der Waals surface area (Å²) in [6.07, 6.45) is 1.65. The van der Waals surface area contributed by atoms with Crippen molar-refractivity contribution in [2.45, 2.75) is 20.1 Å². The maximum Gasteiger partial charge on any atom is 0.213 e. The van der Waals surface area contributed by atoms with Crippen molar-refractivity contribution in [3.8, 4) is 16.9 Å². The molecule has 0 aliphatic rings. The molecule has 3 aromatic heterocycles. The Kier molecular flexibility index (Phi) is 5.23. The number of halogens is 2. The summed E-state index contributed by atoms with van der Waals surface area (Å²) < 4.78 is 23.1. The molecule has 0 saturated carbocycles. The lowest BCUT2D eigenvalue weighted by Crippen LogP contribution is -2.01. The molecule has 0 spiro atoms. The van der Waals surface area contributed by atoms with E-state index in [9.17, 15) is 4.39 Å². The van der Waals surface area contributed by atoms with E-state index in [1.807, 2.05) is 31.2 Å². The number of ether oxygens (including phenoxy) is 1. The fourth-order valence-electron chi connectivity index (χ4n) is 3.23. The number of hydrogen-bond donors (Lipinski definition) is 0. The average molecular weight is 455 g/mol. The molecule has 5 aromatic rings. The number of para-hydroxylation sites is 1. The van der Waals surface area contributed by atoms with Gasteiger partial charge in [-0.15, -0.1) is 5.10 Å². The van der Waals surface area contributed by atoms with Gasteiger partial charge in [0.25, 0.3) is 0 Å². The molecule has 0 unspecified atom stereocenters. The lowest BCUT2D eigenvalue weighted by molar-refractivity contribution is 0.101. The standard InChI is InChI=1S/C21H16ClFN6OS/c1-13-26-29-19(20(24-21(29)31-13)14-6-8-15(22)9-7-14)12-30-11-16-10-28(27-25-16)18-5-3-2-4-17(18)23/h2-10H,11-12H2,1H3. The molecule has 0 aliphatic heterocycles. The molecule has 0 bridgehead atoms. The summed E-state index contributed by atoms with van der Waals surface area (Å²) in [6.45, 7) is 2.42. The quantitative estimate of drug-likeness (QED) is 0.366. The Morgan fingerprint density at radius 2 is 1.90 bits per heavy atom. The molecule has 156 valence electrons. The maximum absolute atomic E-state index is 14.0. The maximum atomic E-state index is 14.0. The second-order valence-electron chi connectivity index (χ2n) is 6.83. The van der Waals surface area contributed by atoms with Gasteiger partial charge in [-0.2, -0.15) is 5.10 Å². The Balaban J connectivity index is 1.37. The summed E-state index contributed by atoms with van der Waals surface area (Å²) in [5, 5.41) is 14.2. The number of fused-ring (bicyclic) bond motifs is 1. The molecule has 31 heavy (non-hydrogen) atoms. The topological polar surface area (TPSA) is 70.1 Å². The number of imidazole rings is 1. The van der Waals surface area contributed by atoms with Gasteiger partial charge in [-0.25, -0.2) is 18.6 Å². The minimum absolute atomic E-state index is 0.213. The minimum Gasteiger partial charge on any atom is -0.369 e. The van der Waals surface area contributed by atoms with Crippen molar-refractivity contribution in [2.75, 3.05) is 0 Å². The molecule has 2 aromatic carbocycles. The van der Waals surface area contributed by atoms with Gasteiger partial charge in [0.15, 0.2) is 0 Å². The van der Waals surface area contributed by atoms with E-state index in [1.165, 1.54) is 22.1 Å². The Morgan fingerprint density at radius 3 is 2.71 bits per heavy atom. The highest BCUT2D eigenvalue weighted by Gasteiger charge is 2.18. The summed E-state index contributed by atoms with van der Waals surface area (Å²) in [5.74, 6) is -0.368. The first kappa shape index (κ1) is 19.8. The molecule has 0 fully saturated rings. The largest absolute Gasteiger partial charge is 0.369 e. The normalized spacial score (nSPS) is 11.5. The zero-order valence-electron chi connectivity index (χ0n) is 16.4. The molecule has 0 aliphatic carbocycles. The van der Waals surface area contributed by atoms with Crippen LogP contribution in [0.25, 0.3) is 21.9 Å². The second kappa shape index (κ2) is 8.18. The van der Waals surface area contributed by atoms with Crippen molar-refractivity contribution in [3.05, 3.63) is 82.0 Å². The lowest BCUT2D eigenvalue weighted by atomic mass is 10.1. The van der Waals surface area contributed by atoms with Crippen molar-refractivity contribution < 1.29 is 9.13 Å². The number of nitrogens with zero attached hydrogens (tertiary/aromatic N) is 6. The average Bonchev–Trinajstić information content (AvgIpc) is 3.45. The van der Waals surface area contributed by atoms with E-state index in [4.69, 9.17) is 21.3 Å². The molecule has 3 heterocycles. The molecule has 0 N–H and O–H groups in total. The van der Waals surface area contributed by atoms with E-state index < -0.39 is 0 Å². The van der Waals surface area contributed by atoms with Crippen LogP contribution in [0.1, 0.15) is 16.4 Å². The van der Waals surface area contributed by atoms with E-state index in [0.29, 0.717) is 16.4 Å². The van der Waals surface area contributed by atoms with Gasteiger partial charge in [0, 0.05) is 10.6 Å². The highest BCUT2D eigenvalue weighted by atomic mass is 35.5. The summed E-state index contributed by atoms with van der Waals surface area (Å²) in [6, 6.07) is 13.9. The molecule has 10 heteroatoms. The van der Waals surface area contributed by atoms with Crippen molar-refractivity contribution in [1.29, 1.82) is 0 Å². The number of aryl methyl sites for hydroxylation is 1. The Bertz CT molecular complexity index is 1360. The molecule has 5 rings (SSSR count). The number of benzene rings is 2. The van der Waals surface area contributed by atoms with Gasteiger partial charge in [-0.1, -0.05) is 52.4 Å². The number of rotatable bonds is 6. The SMILES string of the molecule is Cc1nn2c(COCc3cn(-c4ccccc4F)nn3)c(-c3ccc(Cl)cc3)nc2s1. The lowest BCUT2D eigenvalue weighted by Gasteiger charge is -2.05. The van der Waals surface area contributed by atoms with Crippen LogP contribution in [0.15, 0.2) is 54.7 Å². The van der Waals surface area contributed by atoms with E-state index in [1.54, 1.807) is 28.9 Å². The van der Waals surface area contributed by atoms with Crippen molar-refractivity contribution in [3.63, 3.8) is 0 Å². The molecule has 7 nitrogen and oxygen atoms in total. The number of hydrogen-bond acceptors (Lipinski definition) is 6. The third-order valence-corrected chi connectivity index (χ3v) is 5.72. The van der Waals surface area contributed by atoms with Crippen molar-refractivity contribution >= 4 is 27.9 Å². The van der Waals surface area contributed by atoms with E-state index in [0.717, 1.165) is 26.9 Å². The van der Waals surface area contributed by atoms with Crippen LogP contribution in [0.2, 0.25) is 5.02 Å². The third kappa shape index (κ3) is 3.95. The van der Waals surface area contributed by atoms with Crippen LogP contribution >= 0.6 is 22.9 Å². The predicted molar refractivity (Wildman–Crippen MR) is 116 cm³/mol. The van der Waals surface area contributed by atoms with Crippen LogP contribution in [0, 0.1) is 12.7 Å². The first-order valence-electron chi connectivity index (χ1n) is 9.43. The first-order valence-corrected chi connectivity index (χ1v) is 10.6. The zero-order valence-corrected chi connectivity index (χ0v) is 17.9. The monoisotopic (exact) mass is 454 g/mol. The van der Waals surface area contributed by atoms with Crippen molar-refractivity contribution in [1.82, 2.24) is 29.6 Å². The van der Waals surface area contributed by atoms with Gasteiger partial charge in [0.05, 0.1) is 30.8 Å². The predicted octanol–water partition coefficient (Wildman–Crippen LogP) is 4.86. The fourth-order valence-corrected chi connectivity index (χ4v) is 4.11. The van der Waals surface area contributed by atoms with Crippen LogP contribution in [0.4, 0.5) is 4.39 Å². The highest BCUT2D eigenvalue weighted by molar-refractivity contribution is 7.16. The van der Waals surface area contributed by atoms with Crippen LogP contribution < -0.4 is 0 Å². The van der Waals surface area contributed by atoms with Gasteiger partial charge < -0.3 is 4.74 Å². The number of aromatic nitrogens is 6. The molecule has 0 amide bonds. The smallest absolute Gasteiger partial charge is 0.213 e. The van der Waals surface area contributed by atoms with Gasteiger partial charge >= 0.3 is 0 Å². The Labute approximate surface area is 185 Å². The molecule has 0 saturated heterocycles. The minimum atomic E-state index is -0.368. The van der Waals surface area contributed by atoms with Gasteiger partial charge in [-0.3, -0.25) is 0 Å². The molecule has 0 radical (unpaired) electrons. The van der Waals surface area contributed by atoms with Gasteiger partial charge in [-0.05, 0) is 31.2 Å². The van der Waals surface area contributed by atoms with Crippen LogP contribution in [-0.4, -0.2) is 29.6 Å². The zero-order chi connectivity index (χ0) is 21.4. The summed E-state index contributed by atoms with van der Waals surface area (Å²) in [4.78, 5) is 5.53. The van der Waals surface area contributed by atoms with E-state index >= 15 is 0 Å². The summed E-state index contributed by atoms with van der Waals surface area (Å²) in [7, 11) is 0. The highest BCUT2D eigenvalue weighted by Crippen LogP contribution is 2.28. The van der Waals surface area contributed by atoms with Crippen LogP contribution in [0.5, 0.6) is 0 Å². The van der Waals surface area contributed by atoms with E-state index in [2.05, 4.69) is 15.4 Å². The second-order valence-corrected chi connectivity index (χ2v) is 8.42. The van der Waals surface area contributed by atoms with Crippen LogP contribution in [-0.2, 0) is 18.0 Å². The Morgan fingerprint density at radius 1 is 1.10 bits per heavy atom. The Hall–Kier alpha value is -3.14. The first-order chi connectivity index (χ1) is 15.1. The summed E-state index contributed by atoms with van der Waals surface area (Å²) >= 11 is 7.54. The van der Waals surface area contributed by atoms with Gasteiger partial charge in [0.2, 0.25) is 4.96 Å². The molecular weight excluding hydrogens is 439 g/mol. The third-order valence-electron chi connectivity index (χ3n) is 4.64. The van der Waals surface area contributed by atoms with Gasteiger partial charge in [0.1, 0.15) is 22.2 Å². The fraction of sp³-hybridized carbons (Fsp3) is 0.143. The molecular formula is C21H16ClFN6OS.